The Kier molecular flexibility index (Phi) is 6.02. The van der Waals surface area contributed by atoms with Crippen LogP contribution in [-0.2, 0) is 16.4 Å². The molecule has 3 heterocycles. The normalized spacial score (nSPS) is 25.4. The molecule has 1 amide bonds. The van der Waals surface area contributed by atoms with Crippen LogP contribution in [0.5, 0.6) is 0 Å². The average molecular weight is 383 g/mol. The van der Waals surface area contributed by atoms with E-state index < -0.39 is 9.84 Å². The van der Waals surface area contributed by atoms with Crippen molar-refractivity contribution in [1.82, 2.24) is 19.6 Å². The van der Waals surface area contributed by atoms with Crippen molar-refractivity contribution in [2.75, 3.05) is 31.1 Å². The zero-order valence-corrected chi connectivity index (χ0v) is 16.6. The number of nitrogens with zero attached hydrogens (tertiary/aromatic N) is 4. The zero-order valence-electron chi connectivity index (χ0n) is 15.8. The molecule has 1 aromatic heterocycles. The molecule has 0 spiro atoms. The SMILES string of the molecule is CCCCCCN1CCN(C(=O)c2ccnn2CC)[C@H]2CS(=O)(=O)C[C@H]21. The molecule has 0 radical (unpaired) electrons. The summed E-state index contributed by atoms with van der Waals surface area (Å²) in [6.45, 7) is 7.00. The second-order valence-corrected chi connectivity index (χ2v) is 9.49. The summed E-state index contributed by atoms with van der Waals surface area (Å²) in [6.07, 6.45) is 6.30. The van der Waals surface area contributed by atoms with Crippen molar-refractivity contribution >= 4 is 15.7 Å². The molecule has 2 saturated heterocycles. The molecule has 2 aliphatic heterocycles. The predicted octanol–water partition coefficient (Wildman–Crippen LogP) is 1.41. The van der Waals surface area contributed by atoms with Crippen LogP contribution in [0.25, 0.3) is 0 Å². The molecule has 2 atom stereocenters. The number of aromatic nitrogens is 2. The Morgan fingerprint density at radius 3 is 2.65 bits per heavy atom. The summed E-state index contributed by atoms with van der Waals surface area (Å²) in [5.74, 6) is 0.152. The molecule has 3 rings (SSSR count). The predicted molar refractivity (Wildman–Crippen MR) is 101 cm³/mol. The first-order valence-corrected chi connectivity index (χ1v) is 11.6. The van der Waals surface area contributed by atoms with E-state index in [9.17, 15) is 13.2 Å². The number of carbonyl (C=O) groups excluding carboxylic acids is 1. The van der Waals surface area contributed by atoms with Gasteiger partial charge in [-0.15, -0.1) is 0 Å². The van der Waals surface area contributed by atoms with E-state index >= 15 is 0 Å². The van der Waals surface area contributed by atoms with Gasteiger partial charge in [0, 0.05) is 31.9 Å². The third-order valence-electron chi connectivity index (χ3n) is 5.59. The highest BCUT2D eigenvalue weighted by atomic mass is 32.2. The maximum atomic E-state index is 13.1. The summed E-state index contributed by atoms with van der Waals surface area (Å²) >= 11 is 0. The van der Waals surface area contributed by atoms with Gasteiger partial charge in [0.15, 0.2) is 9.84 Å². The third-order valence-corrected chi connectivity index (χ3v) is 7.28. The van der Waals surface area contributed by atoms with E-state index in [1.807, 2.05) is 6.92 Å². The Hall–Kier alpha value is -1.41. The van der Waals surface area contributed by atoms with Gasteiger partial charge in [0.1, 0.15) is 5.69 Å². The molecule has 0 unspecified atom stereocenters. The van der Waals surface area contributed by atoms with E-state index in [1.54, 1.807) is 21.8 Å². The number of rotatable bonds is 7. The smallest absolute Gasteiger partial charge is 0.272 e. The molecule has 0 bridgehead atoms. The quantitative estimate of drug-likeness (QED) is 0.667. The standard InChI is InChI=1S/C18H30N4O3S/c1-3-5-6-7-10-20-11-12-21(17-14-26(24,25)13-16(17)20)18(23)15-8-9-19-22(15)4-2/h8-9,16-17H,3-7,10-14H2,1-2H3/t16-,17+/m1/s1. The van der Waals surface area contributed by atoms with Gasteiger partial charge in [-0.2, -0.15) is 5.10 Å². The molecule has 26 heavy (non-hydrogen) atoms. The number of fused-ring (bicyclic) bond motifs is 1. The highest BCUT2D eigenvalue weighted by Crippen LogP contribution is 2.28. The van der Waals surface area contributed by atoms with Crippen LogP contribution in [-0.4, -0.2) is 77.1 Å². The van der Waals surface area contributed by atoms with Gasteiger partial charge in [-0.1, -0.05) is 26.2 Å². The number of piperazine rings is 1. The Balaban J connectivity index is 1.75. The molecule has 0 saturated carbocycles. The molecule has 1 aromatic rings. The minimum absolute atomic E-state index is 0.0719. The van der Waals surface area contributed by atoms with Crippen LogP contribution < -0.4 is 0 Å². The van der Waals surface area contributed by atoms with Crippen molar-refractivity contribution < 1.29 is 13.2 Å². The zero-order chi connectivity index (χ0) is 18.7. The van der Waals surface area contributed by atoms with E-state index in [2.05, 4.69) is 16.9 Å². The maximum Gasteiger partial charge on any atom is 0.272 e. The van der Waals surface area contributed by atoms with E-state index in [4.69, 9.17) is 0 Å². The van der Waals surface area contributed by atoms with Crippen LogP contribution in [0.15, 0.2) is 12.3 Å². The molecule has 0 aliphatic carbocycles. The summed E-state index contributed by atoms with van der Waals surface area (Å²) in [5, 5.41) is 4.18. The summed E-state index contributed by atoms with van der Waals surface area (Å²) in [7, 11) is -3.11. The molecular weight excluding hydrogens is 352 g/mol. The van der Waals surface area contributed by atoms with Gasteiger partial charge >= 0.3 is 0 Å². The fourth-order valence-electron chi connectivity index (χ4n) is 4.21. The number of carbonyl (C=O) groups is 1. The monoisotopic (exact) mass is 382 g/mol. The minimum atomic E-state index is -3.11. The second-order valence-electron chi connectivity index (χ2n) is 7.34. The molecule has 0 aromatic carbocycles. The van der Waals surface area contributed by atoms with Gasteiger partial charge in [-0.05, 0) is 26.0 Å². The number of sulfone groups is 1. The van der Waals surface area contributed by atoms with E-state index in [-0.39, 0.29) is 29.5 Å². The van der Waals surface area contributed by atoms with Crippen molar-refractivity contribution in [1.29, 1.82) is 0 Å². The molecular formula is C18H30N4O3S. The van der Waals surface area contributed by atoms with Crippen LogP contribution in [0.1, 0.15) is 50.0 Å². The maximum absolute atomic E-state index is 13.1. The highest BCUT2D eigenvalue weighted by molar-refractivity contribution is 7.91. The van der Waals surface area contributed by atoms with Crippen molar-refractivity contribution in [3.05, 3.63) is 18.0 Å². The number of hydrogen-bond acceptors (Lipinski definition) is 5. The minimum Gasteiger partial charge on any atom is -0.330 e. The Bertz CT molecular complexity index is 731. The largest absolute Gasteiger partial charge is 0.330 e. The van der Waals surface area contributed by atoms with Crippen molar-refractivity contribution in [3.63, 3.8) is 0 Å². The van der Waals surface area contributed by atoms with Gasteiger partial charge in [0.05, 0.1) is 17.5 Å². The number of unbranched alkanes of at least 4 members (excludes halogenated alkanes) is 3. The first kappa shape index (κ1) is 19.4. The third kappa shape index (κ3) is 3.96. The van der Waals surface area contributed by atoms with E-state index in [0.717, 1.165) is 19.5 Å². The summed E-state index contributed by atoms with van der Waals surface area (Å²) < 4.78 is 26.3. The van der Waals surface area contributed by atoms with Crippen molar-refractivity contribution in [2.45, 2.75) is 58.2 Å². The molecule has 146 valence electrons. The Morgan fingerprint density at radius 2 is 1.92 bits per heavy atom. The van der Waals surface area contributed by atoms with Gasteiger partial charge in [-0.3, -0.25) is 14.4 Å². The molecule has 7 nitrogen and oxygen atoms in total. The molecule has 0 N–H and O–H groups in total. The lowest BCUT2D eigenvalue weighted by Gasteiger charge is -2.44. The number of hydrogen-bond donors (Lipinski definition) is 0. The van der Waals surface area contributed by atoms with Gasteiger partial charge < -0.3 is 4.90 Å². The number of aryl methyl sites for hydroxylation is 1. The van der Waals surface area contributed by atoms with Gasteiger partial charge in [-0.25, -0.2) is 8.42 Å². The van der Waals surface area contributed by atoms with Crippen LogP contribution in [0.2, 0.25) is 0 Å². The average Bonchev–Trinajstić information content (AvgIpc) is 3.20. The lowest BCUT2D eigenvalue weighted by molar-refractivity contribution is 0.0317. The number of amides is 1. The van der Waals surface area contributed by atoms with Crippen LogP contribution >= 0.6 is 0 Å². The first-order valence-electron chi connectivity index (χ1n) is 9.74. The van der Waals surface area contributed by atoms with Crippen molar-refractivity contribution in [3.8, 4) is 0 Å². The summed E-state index contributed by atoms with van der Waals surface area (Å²) in [4.78, 5) is 17.1. The topological polar surface area (TPSA) is 75.5 Å². The van der Waals surface area contributed by atoms with E-state index in [0.29, 0.717) is 18.8 Å². The summed E-state index contributed by atoms with van der Waals surface area (Å²) in [6, 6.07) is 1.41. The van der Waals surface area contributed by atoms with E-state index in [1.165, 1.54) is 19.3 Å². The lowest BCUT2D eigenvalue weighted by atomic mass is 10.0. The fraction of sp³-hybridized carbons (Fsp3) is 0.778. The van der Waals surface area contributed by atoms with Gasteiger partial charge in [0.25, 0.3) is 5.91 Å². The van der Waals surface area contributed by atoms with Crippen LogP contribution in [0.3, 0.4) is 0 Å². The molecule has 2 aliphatic rings. The molecule has 8 heteroatoms. The Morgan fingerprint density at radius 1 is 1.15 bits per heavy atom. The van der Waals surface area contributed by atoms with Crippen molar-refractivity contribution in [2.24, 2.45) is 0 Å². The first-order chi connectivity index (χ1) is 12.5. The molecule has 2 fully saturated rings. The van der Waals surface area contributed by atoms with Crippen LogP contribution in [0, 0.1) is 0 Å². The van der Waals surface area contributed by atoms with Crippen LogP contribution in [0.4, 0.5) is 0 Å². The second kappa shape index (κ2) is 8.08. The fourth-order valence-corrected chi connectivity index (χ4v) is 6.22. The summed E-state index contributed by atoms with van der Waals surface area (Å²) in [5.41, 5.74) is 0.548. The highest BCUT2D eigenvalue weighted by Gasteiger charge is 2.48. The Labute approximate surface area is 156 Å². The lowest BCUT2D eigenvalue weighted by Crippen LogP contribution is -2.60. The van der Waals surface area contributed by atoms with Gasteiger partial charge in [0.2, 0.25) is 0 Å².